The third-order valence-corrected chi connectivity index (χ3v) is 4.94. The zero-order valence-corrected chi connectivity index (χ0v) is 13.1. The lowest BCUT2D eigenvalue weighted by atomic mass is 10.1. The molecule has 1 aliphatic carbocycles. The lowest BCUT2D eigenvalue weighted by molar-refractivity contribution is 0.263. The Kier molecular flexibility index (Phi) is 3.74. The zero-order chi connectivity index (χ0) is 15.8. The lowest BCUT2D eigenvalue weighted by Crippen LogP contribution is -2.03. The summed E-state index contributed by atoms with van der Waals surface area (Å²) in [5.41, 5.74) is 1.64. The Morgan fingerprint density at radius 1 is 1.26 bits per heavy atom. The number of aliphatic hydroxyl groups excluding tert-OH is 1. The van der Waals surface area contributed by atoms with E-state index < -0.39 is 0 Å². The van der Waals surface area contributed by atoms with Gasteiger partial charge in [0.05, 0.1) is 5.52 Å². The van der Waals surface area contributed by atoms with E-state index in [9.17, 15) is 9.50 Å². The molecular weight excluding hydrogens is 315 g/mol. The van der Waals surface area contributed by atoms with Crippen molar-refractivity contribution in [3.8, 4) is 0 Å². The fraction of sp³-hybridized carbons (Fsp3) is 0.312. The molecule has 1 N–H and O–H groups in total. The van der Waals surface area contributed by atoms with Crippen molar-refractivity contribution in [2.45, 2.75) is 36.4 Å². The van der Waals surface area contributed by atoms with Crippen LogP contribution in [0.1, 0.15) is 30.3 Å². The summed E-state index contributed by atoms with van der Waals surface area (Å²) < 4.78 is 15.9. The normalized spacial score (nSPS) is 14.5. The van der Waals surface area contributed by atoms with Gasteiger partial charge in [-0.3, -0.25) is 4.98 Å². The summed E-state index contributed by atoms with van der Waals surface area (Å²) in [6.45, 7) is -0.106. The maximum atomic E-state index is 13.9. The largest absolute Gasteiger partial charge is 0.388 e. The van der Waals surface area contributed by atoms with Gasteiger partial charge in [-0.05, 0) is 36.6 Å². The molecule has 0 aliphatic heterocycles. The minimum absolute atomic E-state index is 0.106. The third kappa shape index (κ3) is 2.70. The van der Waals surface area contributed by atoms with Crippen LogP contribution in [0.25, 0.3) is 10.9 Å². The van der Waals surface area contributed by atoms with Crippen LogP contribution in [-0.2, 0) is 12.4 Å². The first-order chi connectivity index (χ1) is 11.3. The molecule has 0 atom stereocenters. The molecule has 0 radical (unpaired) electrons. The first-order valence-corrected chi connectivity index (χ1v) is 8.46. The number of aliphatic hydroxyl groups is 1. The van der Waals surface area contributed by atoms with E-state index in [2.05, 4.69) is 15.2 Å². The van der Waals surface area contributed by atoms with Crippen molar-refractivity contribution in [1.29, 1.82) is 0 Å². The highest BCUT2D eigenvalue weighted by Gasteiger charge is 2.29. The summed E-state index contributed by atoms with van der Waals surface area (Å²) in [6, 6.07) is 7.12. The molecule has 1 aromatic carbocycles. The molecule has 23 heavy (non-hydrogen) atoms. The highest BCUT2D eigenvalue weighted by atomic mass is 32.2. The van der Waals surface area contributed by atoms with Crippen LogP contribution in [0.2, 0.25) is 0 Å². The summed E-state index contributed by atoms with van der Waals surface area (Å²) in [4.78, 5) is 4.31. The number of rotatable bonds is 5. The van der Waals surface area contributed by atoms with E-state index in [0.717, 1.165) is 23.6 Å². The molecule has 5 nitrogen and oxygen atoms in total. The second-order valence-corrected chi connectivity index (χ2v) is 6.50. The molecule has 118 valence electrons. The summed E-state index contributed by atoms with van der Waals surface area (Å²) >= 11 is 1.54. The van der Waals surface area contributed by atoms with Crippen LogP contribution in [0.3, 0.4) is 0 Å². The van der Waals surface area contributed by atoms with Gasteiger partial charge in [-0.25, -0.2) is 4.39 Å². The van der Waals surface area contributed by atoms with E-state index in [-0.39, 0.29) is 12.4 Å². The smallest absolute Gasteiger partial charge is 0.191 e. The zero-order valence-electron chi connectivity index (χ0n) is 12.3. The SMILES string of the molecule is OCc1nnc(SCc2ccc(F)c3cccnc23)n1C1CC1. The number of aromatic nitrogens is 4. The average molecular weight is 330 g/mol. The van der Waals surface area contributed by atoms with Gasteiger partial charge in [-0.2, -0.15) is 0 Å². The first-order valence-electron chi connectivity index (χ1n) is 7.47. The van der Waals surface area contributed by atoms with Crippen LogP contribution < -0.4 is 0 Å². The molecular formula is C16H15FN4OS. The van der Waals surface area contributed by atoms with Gasteiger partial charge in [0.15, 0.2) is 11.0 Å². The van der Waals surface area contributed by atoms with E-state index in [1.807, 2.05) is 4.57 Å². The monoisotopic (exact) mass is 330 g/mol. The van der Waals surface area contributed by atoms with Crippen LogP contribution in [0.15, 0.2) is 35.6 Å². The standard InChI is InChI=1S/C16H15FN4OS/c17-13-6-3-10(15-12(13)2-1-7-18-15)9-23-16-20-19-14(8-22)21(16)11-4-5-11/h1-3,6-7,11,22H,4-5,8-9H2. The Labute approximate surface area is 136 Å². The van der Waals surface area contributed by atoms with Crippen molar-refractivity contribution in [1.82, 2.24) is 19.7 Å². The predicted octanol–water partition coefficient (Wildman–Crippen LogP) is 3.08. The maximum absolute atomic E-state index is 13.9. The quantitative estimate of drug-likeness (QED) is 0.728. The summed E-state index contributed by atoms with van der Waals surface area (Å²) in [6.07, 6.45) is 3.87. The van der Waals surface area contributed by atoms with E-state index in [4.69, 9.17) is 0 Å². The van der Waals surface area contributed by atoms with Gasteiger partial charge < -0.3 is 9.67 Å². The molecule has 0 unspecified atom stereocenters. The molecule has 7 heteroatoms. The molecule has 1 saturated carbocycles. The van der Waals surface area contributed by atoms with Gasteiger partial charge in [0.2, 0.25) is 0 Å². The second kappa shape index (κ2) is 5.90. The Balaban J connectivity index is 1.63. The van der Waals surface area contributed by atoms with Gasteiger partial charge in [-0.15, -0.1) is 10.2 Å². The van der Waals surface area contributed by atoms with Crippen LogP contribution in [-0.4, -0.2) is 24.9 Å². The van der Waals surface area contributed by atoms with Crippen molar-refractivity contribution in [2.75, 3.05) is 0 Å². The van der Waals surface area contributed by atoms with Gasteiger partial charge in [0.1, 0.15) is 12.4 Å². The number of nitrogens with zero attached hydrogens (tertiary/aromatic N) is 4. The Morgan fingerprint density at radius 2 is 2.13 bits per heavy atom. The van der Waals surface area contributed by atoms with Crippen LogP contribution in [0.5, 0.6) is 0 Å². The number of pyridine rings is 1. The minimum atomic E-state index is -0.259. The van der Waals surface area contributed by atoms with Gasteiger partial charge in [-0.1, -0.05) is 17.8 Å². The van der Waals surface area contributed by atoms with E-state index >= 15 is 0 Å². The molecule has 0 bridgehead atoms. The molecule has 1 aliphatic rings. The molecule has 0 amide bonds. The Bertz CT molecular complexity index is 862. The van der Waals surface area contributed by atoms with E-state index in [1.165, 1.54) is 6.07 Å². The van der Waals surface area contributed by atoms with E-state index in [1.54, 1.807) is 36.2 Å². The number of hydrogen-bond acceptors (Lipinski definition) is 5. The van der Waals surface area contributed by atoms with Crippen molar-refractivity contribution < 1.29 is 9.50 Å². The molecule has 3 aromatic rings. The van der Waals surface area contributed by atoms with Gasteiger partial charge in [0, 0.05) is 23.4 Å². The van der Waals surface area contributed by atoms with E-state index in [0.29, 0.717) is 28.5 Å². The molecule has 0 saturated heterocycles. The fourth-order valence-corrected chi connectivity index (χ4v) is 3.68. The summed E-state index contributed by atoms with van der Waals surface area (Å²) in [7, 11) is 0. The summed E-state index contributed by atoms with van der Waals surface area (Å²) in [5, 5.41) is 18.9. The highest BCUT2D eigenvalue weighted by Crippen LogP contribution is 2.39. The molecule has 1 fully saturated rings. The highest BCUT2D eigenvalue weighted by molar-refractivity contribution is 7.98. The first kappa shape index (κ1) is 14.6. The molecule has 2 heterocycles. The van der Waals surface area contributed by atoms with Crippen molar-refractivity contribution >= 4 is 22.7 Å². The van der Waals surface area contributed by atoms with Crippen molar-refractivity contribution in [2.24, 2.45) is 0 Å². The number of hydrogen-bond donors (Lipinski definition) is 1. The van der Waals surface area contributed by atoms with Crippen molar-refractivity contribution in [3.05, 3.63) is 47.7 Å². The number of halogens is 1. The number of benzene rings is 1. The molecule has 2 aromatic heterocycles. The summed E-state index contributed by atoms with van der Waals surface area (Å²) in [5.74, 6) is 0.979. The molecule has 0 spiro atoms. The predicted molar refractivity (Wildman–Crippen MR) is 85.5 cm³/mol. The minimum Gasteiger partial charge on any atom is -0.388 e. The van der Waals surface area contributed by atoms with Crippen LogP contribution in [0.4, 0.5) is 4.39 Å². The topological polar surface area (TPSA) is 63.8 Å². The van der Waals surface area contributed by atoms with Gasteiger partial charge in [0.25, 0.3) is 0 Å². The Hall–Kier alpha value is -1.99. The second-order valence-electron chi connectivity index (χ2n) is 5.55. The fourth-order valence-electron chi connectivity index (χ4n) is 2.67. The van der Waals surface area contributed by atoms with Crippen LogP contribution >= 0.6 is 11.8 Å². The molecule has 4 rings (SSSR count). The van der Waals surface area contributed by atoms with Gasteiger partial charge >= 0.3 is 0 Å². The third-order valence-electron chi connectivity index (χ3n) is 3.95. The lowest BCUT2D eigenvalue weighted by Gasteiger charge is -2.08. The Morgan fingerprint density at radius 3 is 2.91 bits per heavy atom. The number of thioether (sulfide) groups is 1. The maximum Gasteiger partial charge on any atom is 0.191 e. The average Bonchev–Trinajstić information content (AvgIpc) is 3.34. The van der Waals surface area contributed by atoms with Crippen molar-refractivity contribution in [3.63, 3.8) is 0 Å². The van der Waals surface area contributed by atoms with Crippen LogP contribution in [0, 0.1) is 5.82 Å². The number of fused-ring (bicyclic) bond motifs is 1.